The molecule has 0 unspecified atom stereocenters. The van der Waals surface area contributed by atoms with E-state index in [1.165, 1.54) is 0 Å². The molecule has 0 aliphatic heterocycles. The van der Waals surface area contributed by atoms with Crippen LogP contribution in [0.1, 0.15) is 23.9 Å². The molecule has 5 nitrogen and oxygen atoms in total. The first kappa shape index (κ1) is 21.4. The number of sulfonamides is 1. The highest BCUT2D eigenvalue weighted by Gasteiger charge is 2.20. The highest BCUT2D eigenvalue weighted by atomic mass is 35.5. The number of benzene rings is 3. The van der Waals surface area contributed by atoms with Crippen LogP contribution < -0.4 is 4.72 Å². The summed E-state index contributed by atoms with van der Waals surface area (Å²) < 4.78 is 31.0. The maximum atomic E-state index is 13.0. The number of aromatic nitrogens is 2. The predicted molar refractivity (Wildman–Crippen MR) is 126 cm³/mol. The molecule has 0 atom stereocenters. The first-order valence-electron chi connectivity index (χ1n) is 10.2. The van der Waals surface area contributed by atoms with Crippen LogP contribution in [0.3, 0.4) is 0 Å². The lowest BCUT2D eigenvalue weighted by Gasteiger charge is -2.14. The number of rotatable bonds is 7. The summed E-state index contributed by atoms with van der Waals surface area (Å²) in [7, 11) is -3.76. The Morgan fingerprint density at radius 3 is 2.52 bits per heavy atom. The molecule has 0 aliphatic carbocycles. The average Bonchev–Trinajstić information content (AvgIpc) is 3.12. The van der Waals surface area contributed by atoms with E-state index in [-0.39, 0.29) is 4.90 Å². The number of para-hydroxylation sites is 3. The van der Waals surface area contributed by atoms with Gasteiger partial charge in [-0.3, -0.25) is 4.72 Å². The maximum Gasteiger partial charge on any atom is 0.262 e. The fraction of sp³-hybridized carbons (Fsp3) is 0.208. The highest BCUT2D eigenvalue weighted by Crippen LogP contribution is 2.27. The van der Waals surface area contributed by atoms with Crippen molar-refractivity contribution < 1.29 is 8.42 Å². The number of anilines is 1. The van der Waals surface area contributed by atoms with Gasteiger partial charge in [-0.25, -0.2) is 13.4 Å². The van der Waals surface area contributed by atoms with E-state index in [0.29, 0.717) is 29.1 Å². The van der Waals surface area contributed by atoms with Gasteiger partial charge in [0, 0.05) is 18.0 Å². The van der Waals surface area contributed by atoms with Crippen LogP contribution in [0.25, 0.3) is 11.0 Å². The van der Waals surface area contributed by atoms with Crippen LogP contribution in [-0.2, 0) is 29.4 Å². The van der Waals surface area contributed by atoms with Crippen molar-refractivity contribution in [1.82, 2.24) is 9.55 Å². The van der Waals surface area contributed by atoms with E-state index in [1.54, 1.807) is 31.2 Å². The second-order valence-corrected chi connectivity index (χ2v) is 9.44. The Morgan fingerprint density at radius 2 is 1.71 bits per heavy atom. The highest BCUT2D eigenvalue weighted by molar-refractivity contribution is 7.92. The van der Waals surface area contributed by atoms with Gasteiger partial charge in [0.2, 0.25) is 0 Å². The third-order valence-corrected chi connectivity index (χ3v) is 7.36. The minimum atomic E-state index is -3.76. The second-order valence-electron chi connectivity index (χ2n) is 7.39. The number of fused-ring (bicyclic) bond motifs is 1. The smallest absolute Gasteiger partial charge is 0.262 e. The van der Waals surface area contributed by atoms with Gasteiger partial charge < -0.3 is 4.57 Å². The topological polar surface area (TPSA) is 64.0 Å². The van der Waals surface area contributed by atoms with Crippen LogP contribution >= 0.6 is 11.6 Å². The molecular formula is C24H24ClN3O2S. The van der Waals surface area contributed by atoms with E-state index < -0.39 is 10.0 Å². The lowest BCUT2D eigenvalue weighted by molar-refractivity contribution is 0.600. The Morgan fingerprint density at radius 1 is 0.968 bits per heavy atom. The zero-order valence-electron chi connectivity index (χ0n) is 17.5. The zero-order valence-corrected chi connectivity index (χ0v) is 19.0. The van der Waals surface area contributed by atoms with Crippen molar-refractivity contribution >= 4 is 38.3 Å². The third kappa shape index (κ3) is 4.31. The van der Waals surface area contributed by atoms with Gasteiger partial charge in [0.05, 0.1) is 21.6 Å². The summed E-state index contributed by atoms with van der Waals surface area (Å²) in [4.78, 5) is 4.96. The predicted octanol–water partition coefficient (Wildman–Crippen LogP) is 5.60. The van der Waals surface area contributed by atoms with Crippen LogP contribution in [0, 0.1) is 6.92 Å². The van der Waals surface area contributed by atoms with E-state index >= 15 is 0 Å². The first-order chi connectivity index (χ1) is 14.9. The van der Waals surface area contributed by atoms with Crippen molar-refractivity contribution in [2.45, 2.75) is 38.1 Å². The number of halogens is 1. The lowest BCUT2D eigenvalue weighted by atomic mass is 10.1. The SMILES string of the molecule is CCn1c(CCc2ccccc2NS(=O)(=O)c2cccc(Cl)c2C)nc2ccccc21. The second kappa shape index (κ2) is 8.73. The van der Waals surface area contributed by atoms with E-state index in [4.69, 9.17) is 16.6 Å². The molecule has 31 heavy (non-hydrogen) atoms. The van der Waals surface area contributed by atoms with E-state index in [1.807, 2.05) is 36.4 Å². The van der Waals surface area contributed by atoms with Gasteiger partial charge in [0.1, 0.15) is 5.82 Å². The number of imidazole rings is 1. The quantitative estimate of drug-likeness (QED) is 0.396. The van der Waals surface area contributed by atoms with Gasteiger partial charge in [-0.05, 0) is 61.7 Å². The standard InChI is InChI=1S/C24H24ClN3O2S/c1-3-28-22-13-7-6-12-21(22)26-24(28)16-15-18-9-4-5-11-20(18)27-31(29,30)23-14-8-10-19(25)17(23)2/h4-14,27H,3,15-16H2,1-2H3. The Balaban J connectivity index is 1.61. The summed E-state index contributed by atoms with van der Waals surface area (Å²) in [6, 6.07) is 20.5. The molecule has 0 spiro atoms. The first-order valence-corrected chi connectivity index (χ1v) is 12.1. The molecule has 1 N–H and O–H groups in total. The number of hydrogen-bond acceptors (Lipinski definition) is 3. The van der Waals surface area contributed by atoms with Crippen LogP contribution in [-0.4, -0.2) is 18.0 Å². The number of nitrogens with one attached hydrogen (secondary N) is 1. The minimum Gasteiger partial charge on any atom is -0.328 e. The van der Waals surface area contributed by atoms with Crippen molar-refractivity contribution in [3.05, 3.63) is 88.7 Å². The molecule has 0 amide bonds. The van der Waals surface area contributed by atoms with Crippen molar-refractivity contribution in [2.24, 2.45) is 0 Å². The number of nitrogens with zero attached hydrogens (tertiary/aromatic N) is 2. The van der Waals surface area contributed by atoms with Crippen LogP contribution in [0.5, 0.6) is 0 Å². The summed E-state index contributed by atoms with van der Waals surface area (Å²) >= 11 is 6.13. The molecule has 160 valence electrons. The molecular weight excluding hydrogens is 430 g/mol. The Kier molecular flexibility index (Phi) is 6.03. The van der Waals surface area contributed by atoms with E-state index in [2.05, 4.69) is 22.3 Å². The Labute approximate surface area is 187 Å². The fourth-order valence-corrected chi connectivity index (χ4v) is 5.43. The Bertz CT molecular complexity index is 1350. The monoisotopic (exact) mass is 453 g/mol. The summed E-state index contributed by atoms with van der Waals surface area (Å²) in [6.45, 7) is 4.64. The molecule has 0 fully saturated rings. The average molecular weight is 454 g/mol. The van der Waals surface area contributed by atoms with Gasteiger partial charge in [0.25, 0.3) is 10.0 Å². The molecule has 7 heteroatoms. The van der Waals surface area contributed by atoms with Gasteiger partial charge in [0.15, 0.2) is 0 Å². The summed E-state index contributed by atoms with van der Waals surface area (Å²) in [5.41, 5.74) is 4.11. The van der Waals surface area contributed by atoms with Crippen molar-refractivity contribution in [3.63, 3.8) is 0 Å². The van der Waals surface area contributed by atoms with Crippen molar-refractivity contribution in [3.8, 4) is 0 Å². The molecule has 0 bridgehead atoms. The van der Waals surface area contributed by atoms with Crippen LogP contribution in [0.4, 0.5) is 5.69 Å². The largest absolute Gasteiger partial charge is 0.328 e. The summed E-state index contributed by atoms with van der Waals surface area (Å²) in [6.07, 6.45) is 1.37. The third-order valence-electron chi connectivity index (χ3n) is 5.44. The van der Waals surface area contributed by atoms with E-state index in [9.17, 15) is 8.42 Å². The molecule has 1 heterocycles. The molecule has 4 aromatic rings. The Hall–Kier alpha value is -2.83. The summed E-state index contributed by atoms with van der Waals surface area (Å²) in [5, 5.41) is 0.426. The molecule has 0 saturated carbocycles. The normalized spacial score (nSPS) is 11.7. The van der Waals surface area contributed by atoms with Gasteiger partial charge in [-0.2, -0.15) is 0 Å². The number of aryl methyl sites for hydroxylation is 3. The minimum absolute atomic E-state index is 0.183. The zero-order chi connectivity index (χ0) is 22.0. The lowest BCUT2D eigenvalue weighted by Crippen LogP contribution is -2.16. The van der Waals surface area contributed by atoms with Crippen molar-refractivity contribution in [2.75, 3.05) is 4.72 Å². The number of hydrogen-bond donors (Lipinski definition) is 1. The maximum absolute atomic E-state index is 13.0. The molecule has 0 saturated heterocycles. The molecule has 4 rings (SSSR count). The van der Waals surface area contributed by atoms with Crippen LogP contribution in [0.15, 0.2) is 71.6 Å². The fourth-order valence-electron chi connectivity index (χ4n) is 3.83. The summed E-state index contributed by atoms with van der Waals surface area (Å²) in [5.74, 6) is 0.993. The van der Waals surface area contributed by atoms with Crippen molar-refractivity contribution in [1.29, 1.82) is 0 Å². The molecule has 1 aromatic heterocycles. The van der Waals surface area contributed by atoms with Gasteiger partial charge in [-0.1, -0.05) is 48.0 Å². The van der Waals surface area contributed by atoms with Crippen LogP contribution in [0.2, 0.25) is 5.02 Å². The molecule has 3 aromatic carbocycles. The van der Waals surface area contributed by atoms with Gasteiger partial charge in [-0.15, -0.1) is 0 Å². The molecule has 0 aliphatic rings. The van der Waals surface area contributed by atoms with Gasteiger partial charge >= 0.3 is 0 Å². The molecule has 0 radical (unpaired) electrons. The van der Waals surface area contributed by atoms with E-state index in [0.717, 1.165) is 29.0 Å².